The van der Waals surface area contributed by atoms with Crippen LogP contribution in [-0.4, -0.2) is 30.1 Å². The Hall–Kier alpha value is -0.0800. The largest absolute Gasteiger partial charge is 0.329 e. The lowest BCUT2D eigenvalue weighted by molar-refractivity contribution is 0.140. The van der Waals surface area contributed by atoms with Crippen molar-refractivity contribution >= 4 is 0 Å². The molecule has 2 heteroatoms. The Labute approximate surface area is 95.2 Å². The van der Waals surface area contributed by atoms with Crippen LogP contribution in [0.5, 0.6) is 0 Å². The molecular formula is C13H28N2. The van der Waals surface area contributed by atoms with Crippen molar-refractivity contribution in [2.75, 3.05) is 13.1 Å². The Balaban J connectivity index is 2.41. The summed E-state index contributed by atoms with van der Waals surface area (Å²) in [7, 11) is 0. The van der Waals surface area contributed by atoms with Gasteiger partial charge in [-0.05, 0) is 39.0 Å². The van der Waals surface area contributed by atoms with Crippen LogP contribution in [0.3, 0.4) is 0 Å². The van der Waals surface area contributed by atoms with Gasteiger partial charge < -0.3 is 5.73 Å². The average Bonchev–Trinajstić information content (AvgIpc) is 3.00. The number of nitrogens with two attached hydrogens (primary N) is 1. The minimum atomic E-state index is 0.616. The molecule has 1 atom stereocenters. The van der Waals surface area contributed by atoms with Crippen LogP contribution in [0.25, 0.3) is 0 Å². The lowest BCUT2D eigenvalue weighted by atomic mass is 10.1. The van der Waals surface area contributed by atoms with E-state index in [0.29, 0.717) is 12.1 Å². The molecule has 0 aromatic heterocycles. The van der Waals surface area contributed by atoms with E-state index in [-0.39, 0.29) is 0 Å². The Morgan fingerprint density at radius 1 is 1.33 bits per heavy atom. The molecule has 0 heterocycles. The highest BCUT2D eigenvalue weighted by atomic mass is 15.2. The molecule has 0 spiro atoms. The predicted molar refractivity (Wildman–Crippen MR) is 66.9 cm³/mol. The number of hydrogen-bond donors (Lipinski definition) is 1. The van der Waals surface area contributed by atoms with Crippen LogP contribution in [0.2, 0.25) is 0 Å². The zero-order valence-electron chi connectivity index (χ0n) is 10.7. The normalized spacial score (nSPS) is 18.8. The maximum Gasteiger partial charge on any atom is 0.0221 e. The summed E-state index contributed by atoms with van der Waals surface area (Å²) in [5, 5.41) is 0. The highest BCUT2D eigenvalue weighted by molar-refractivity contribution is 4.83. The molecule has 0 aromatic carbocycles. The van der Waals surface area contributed by atoms with Crippen LogP contribution in [0, 0.1) is 5.92 Å². The first-order valence-corrected chi connectivity index (χ1v) is 6.64. The van der Waals surface area contributed by atoms with E-state index in [1.165, 1.54) is 38.6 Å². The zero-order valence-corrected chi connectivity index (χ0v) is 10.7. The van der Waals surface area contributed by atoms with Crippen LogP contribution in [-0.2, 0) is 0 Å². The second-order valence-electron chi connectivity index (χ2n) is 5.27. The third-order valence-electron chi connectivity index (χ3n) is 3.46. The molecule has 0 saturated heterocycles. The second-order valence-corrected chi connectivity index (χ2v) is 5.27. The van der Waals surface area contributed by atoms with Gasteiger partial charge in [0.2, 0.25) is 0 Å². The molecule has 0 aliphatic heterocycles. The molecule has 90 valence electrons. The minimum Gasteiger partial charge on any atom is -0.329 e. The van der Waals surface area contributed by atoms with Gasteiger partial charge >= 0.3 is 0 Å². The number of unbranched alkanes of at least 4 members (excludes halogenated alkanes) is 1. The van der Waals surface area contributed by atoms with Gasteiger partial charge in [0.15, 0.2) is 0 Å². The van der Waals surface area contributed by atoms with E-state index < -0.39 is 0 Å². The van der Waals surface area contributed by atoms with Crippen molar-refractivity contribution in [2.24, 2.45) is 11.7 Å². The van der Waals surface area contributed by atoms with E-state index in [9.17, 15) is 0 Å². The van der Waals surface area contributed by atoms with E-state index in [1.54, 1.807) is 0 Å². The van der Waals surface area contributed by atoms with Crippen LogP contribution in [0.15, 0.2) is 0 Å². The molecule has 0 bridgehead atoms. The summed E-state index contributed by atoms with van der Waals surface area (Å²) in [5.41, 5.74) is 5.91. The van der Waals surface area contributed by atoms with E-state index in [1.807, 2.05) is 0 Å². The quantitative estimate of drug-likeness (QED) is 0.670. The van der Waals surface area contributed by atoms with E-state index in [0.717, 1.165) is 12.5 Å². The summed E-state index contributed by atoms with van der Waals surface area (Å²) in [5.74, 6) is 0.975. The summed E-state index contributed by atoms with van der Waals surface area (Å²) in [6.45, 7) is 8.97. The Morgan fingerprint density at radius 2 is 2.00 bits per heavy atom. The average molecular weight is 212 g/mol. The molecule has 0 aromatic rings. The van der Waals surface area contributed by atoms with Crippen molar-refractivity contribution in [3.05, 3.63) is 0 Å². The zero-order chi connectivity index (χ0) is 11.3. The second kappa shape index (κ2) is 6.49. The van der Waals surface area contributed by atoms with Gasteiger partial charge in [-0.15, -0.1) is 0 Å². The van der Waals surface area contributed by atoms with E-state index in [2.05, 4.69) is 25.7 Å². The molecule has 1 aliphatic carbocycles. The van der Waals surface area contributed by atoms with Gasteiger partial charge in [0, 0.05) is 25.2 Å². The molecule has 1 rings (SSSR count). The molecule has 1 saturated carbocycles. The summed E-state index contributed by atoms with van der Waals surface area (Å²) in [6.07, 6.45) is 6.75. The molecule has 2 N–H and O–H groups in total. The van der Waals surface area contributed by atoms with Gasteiger partial charge in [-0.25, -0.2) is 0 Å². The highest BCUT2D eigenvalue weighted by Crippen LogP contribution is 2.31. The van der Waals surface area contributed by atoms with E-state index in [4.69, 9.17) is 5.73 Å². The van der Waals surface area contributed by atoms with Gasteiger partial charge in [0.25, 0.3) is 0 Å². The van der Waals surface area contributed by atoms with Crippen molar-refractivity contribution in [3.63, 3.8) is 0 Å². The summed E-state index contributed by atoms with van der Waals surface area (Å²) >= 11 is 0. The van der Waals surface area contributed by atoms with Crippen molar-refractivity contribution in [2.45, 2.75) is 65.0 Å². The lowest BCUT2D eigenvalue weighted by Gasteiger charge is -2.34. The molecule has 1 unspecified atom stereocenters. The fraction of sp³-hybridized carbons (Fsp3) is 1.00. The first kappa shape index (κ1) is 13.0. The standard InChI is InChI=1S/C13H28N2/c1-4-5-6-13(9-14)15(11(2)3)10-12-7-8-12/h11-13H,4-10,14H2,1-3H3. The summed E-state index contributed by atoms with van der Waals surface area (Å²) < 4.78 is 0. The first-order chi connectivity index (χ1) is 7.19. The molecule has 15 heavy (non-hydrogen) atoms. The molecule has 0 amide bonds. The molecular weight excluding hydrogens is 184 g/mol. The van der Waals surface area contributed by atoms with Gasteiger partial charge in [-0.1, -0.05) is 19.8 Å². The summed E-state index contributed by atoms with van der Waals surface area (Å²) in [4.78, 5) is 2.63. The monoisotopic (exact) mass is 212 g/mol. The molecule has 1 aliphatic rings. The molecule has 0 radical (unpaired) electrons. The summed E-state index contributed by atoms with van der Waals surface area (Å²) in [6, 6.07) is 1.27. The Morgan fingerprint density at radius 3 is 2.40 bits per heavy atom. The van der Waals surface area contributed by atoms with Gasteiger partial charge in [0.1, 0.15) is 0 Å². The van der Waals surface area contributed by atoms with Crippen molar-refractivity contribution in [1.82, 2.24) is 4.90 Å². The fourth-order valence-corrected chi connectivity index (χ4v) is 2.24. The predicted octanol–water partition coefficient (Wildman–Crippen LogP) is 2.62. The molecule has 2 nitrogen and oxygen atoms in total. The topological polar surface area (TPSA) is 29.3 Å². The van der Waals surface area contributed by atoms with Gasteiger partial charge in [-0.3, -0.25) is 4.90 Å². The number of nitrogens with zero attached hydrogens (tertiary/aromatic N) is 1. The maximum absolute atomic E-state index is 5.91. The fourth-order valence-electron chi connectivity index (χ4n) is 2.24. The van der Waals surface area contributed by atoms with E-state index >= 15 is 0 Å². The van der Waals surface area contributed by atoms with Crippen LogP contribution >= 0.6 is 0 Å². The Kier molecular flexibility index (Phi) is 5.62. The van der Waals surface area contributed by atoms with Crippen LogP contribution in [0.1, 0.15) is 52.9 Å². The first-order valence-electron chi connectivity index (χ1n) is 6.64. The maximum atomic E-state index is 5.91. The highest BCUT2D eigenvalue weighted by Gasteiger charge is 2.28. The van der Waals surface area contributed by atoms with Crippen LogP contribution < -0.4 is 5.73 Å². The van der Waals surface area contributed by atoms with Crippen LogP contribution in [0.4, 0.5) is 0 Å². The smallest absolute Gasteiger partial charge is 0.0221 e. The Bertz CT molecular complexity index is 164. The lowest BCUT2D eigenvalue weighted by Crippen LogP contribution is -2.45. The SMILES string of the molecule is CCCCC(CN)N(CC1CC1)C(C)C. The van der Waals surface area contributed by atoms with Gasteiger partial charge in [0.05, 0.1) is 0 Å². The number of rotatable bonds is 8. The molecule has 1 fully saturated rings. The van der Waals surface area contributed by atoms with Crippen molar-refractivity contribution < 1.29 is 0 Å². The van der Waals surface area contributed by atoms with Crippen molar-refractivity contribution in [1.29, 1.82) is 0 Å². The van der Waals surface area contributed by atoms with Gasteiger partial charge in [-0.2, -0.15) is 0 Å². The third kappa shape index (κ3) is 4.52. The third-order valence-corrected chi connectivity index (χ3v) is 3.46. The minimum absolute atomic E-state index is 0.616. The van der Waals surface area contributed by atoms with Crippen molar-refractivity contribution in [3.8, 4) is 0 Å². The number of hydrogen-bond acceptors (Lipinski definition) is 2.